The minimum Gasteiger partial charge on any atom is -0.273 e. The number of nitrogens with one attached hydrogen (secondary N) is 1. The number of amides is 4. The number of rotatable bonds is 2. The Labute approximate surface area is 143 Å². The van der Waals surface area contributed by atoms with Crippen molar-refractivity contribution in [2.75, 3.05) is 4.90 Å². The quantitative estimate of drug-likeness (QED) is 0.676. The van der Waals surface area contributed by atoms with Gasteiger partial charge >= 0.3 is 6.03 Å². The van der Waals surface area contributed by atoms with Gasteiger partial charge in [-0.1, -0.05) is 18.2 Å². The second-order valence-corrected chi connectivity index (χ2v) is 5.78. The van der Waals surface area contributed by atoms with Crippen LogP contribution in [0.25, 0.3) is 6.08 Å². The summed E-state index contributed by atoms with van der Waals surface area (Å²) in [5, 5.41) is 2.16. The van der Waals surface area contributed by atoms with Gasteiger partial charge in [-0.25, -0.2) is 14.1 Å². The molecule has 6 heteroatoms. The number of nitrogens with zero attached hydrogens (tertiary/aromatic N) is 1. The molecule has 3 rings (SSSR count). The predicted octanol–water partition coefficient (Wildman–Crippen LogP) is 3.11. The van der Waals surface area contributed by atoms with E-state index >= 15 is 0 Å². The Morgan fingerprint density at radius 2 is 1.64 bits per heavy atom. The van der Waals surface area contributed by atoms with Crippen molar-refractivity contribution in [1.29, 1.82) is 0 Å². The van der Waals surface area contributed by atoms with Crippen LogP contribution in [0.3, 0.4) is 0 Å². The number of hydrogen-bond acceptors (Lipinski definition) is 3. The van der Waals surface area contributed by atoms with Crippen molar-refractivity contribution >= 4 is 29.6 Å². The summed E-state index contributed by atoms with van der Waals surface area (Å²) in [6.45, 7) is 3.78. The van der Waals surface area contributed by atoms with Gasteiger partial charge < -0.3 is 0 Å². The maximum Gasteiger partial charge on any atom is 0.335 e. The van der Waals surface area contributed by atoms with Gasteiger partial charge in [0.25, 0.3) is 11.8 Å². The molecule has 2 aromatic carbocycles. The molecule has 0 radical (unpaired) electrons. The molecule has 0 spiro atoms. The number of barbiturate groups is 1. The van der Waals surface area contributed by atoms with Gasteiger partial charge in [-0.15, -0.1) is 0 Å². The smallest absolute Gasteiger partial charge is 0.273 e. The van der Waals surface area contributed by atoms with Crippen molar-refractivity contribution in [2.45, 2.75) is 13.8 Å². The number of halogens is 1. The van der Waals surface area contributed by atoms with Crippen LogP contribution in [-0.4, -0.2) is 17.8 Å². The highest BCUT2D eigenvalue weighted by atomic mass is 19.1. The van der Waals surface area contributed by atoms with Crippen molar-refractivity contribution in [2.24, 2.45) is 0 Å². The summed E-state index contributed by atoms with van der Waals surface area (Å²) in [5.41, 5.74) is 2.60. The van der Waals surface area contributed by atoms with E-state index in [1.165, 1.54) is 30.3 Å². The summed E-state index contributed by atoms with van der Waals surface area (Å²) >= 11 is 0. The van der Waals surface area contributed by atoms with E-state index in [2.05, 4.69) is 5.32 Å². The van der Waals surface area contributed by atoms with Crippen LogP contribution in [0.4, 0.5) is 14.9 Å². The normalized spacial score (nSPS) is 16.4. The number of hydrogen-bond donors (Lipinski definition) is 1. The largest absolute Gasteiger partial charge is 0.335 e. The number of benzene rings is 2. The van der Waals surface area contributed by atoms with Crippen LogP contribution >= 0.6 is 0 Å². The van der Waals surface area contributed by atoms with Crippen LogP contribution in [-0.2, 0) is 9.59 Å². The number of imide groups is 2. The van der Waals surface area contributed by atoms with Crippen LogP contribution in [0.5, 0.6) is 0 Å². The second kappa shape index (κ2) is 6.32. The Bertz CT molecular complexity index is 917. The van der Waals surface area contributed by atoms with Crippen LogP contribution in [0.1, 0.15) is 16.7 Å². The summed E-state index contributed by atoms with van der Waals surface area (Å²) < 4.78 is 13.0. The van der Waals surface area contributed by atoms with Gasteiger partial charge in [-0.05, 0) is 60.9 Å². The maximum absolute atomic E-state index is 13.0. The average Bonchev–Trinajstić information content (AvgIpc) is 2.56. The van der Waals surface area contributed by atoms with Crippen molar-refractivity contribution in [3.8, 4) is 0 Å². The van der Waals surface area contributed by atoms with Crippen LogP contribution in [0, 0.1) is 19.7 Å². The molecule has 1 aliphatic rings. The molecule has 126 valence electrons. The van der Waals surface area contributed by atoms with Gasteiger partial charge in [0.15, 0.2) is 0 Å². The van der Waals surface area contributed by atoms with Crippen molar-refractivity contribution in [3.63, 3.8) is 0 Å². The number of carbonyl (C=O) groups excluding carboxylic acids is 3. The third-order valence-electron chi connectivity index (χ3n) is 4.03. The van der Waals surface area contributed by atoms with Crippen LogP contribution in [0.2, 0.25) is 0 Å². The third-order valence-corrected chi connectivity index (χ3v) is 4.03. The number of urea groups is 1. The van der Waals surface area contributed by atoms with E-state index in [0.717, 1.165) is 16.0 Å². The van der Waals surface area contributed by atoms with Crippen LogP contribution in [0.15, 0.2) is 48.0 Å². The van der Waals surface area contributed by atoms with E-state index in [1.807, 2.05) is 13.8 Å². The van der Waals surface area contributed by atoms with Gasteiger partial charge in [-0.2, -0.15) is 0 Å². The third kappa shape index (κ3) is 3.19. The predicted molar refractivity (Wildman–Crippen MR) is 91.3 cm³/mol. The molecule has 1 aliphatic heterocycles. The highest BCUT2D eigenvalue weighted by Gasteiger charge is 2.36. The molecule has 25 heavy (non-hydrogen) atoms. The summed E-state index contributed by atoms with van der Waals surface area (Å²) in [7, 11) is 0. The van der Waals surface area contributed by atoms with E-state index in [1.54, 1.807) is 18.2 Å². The zero-order valence-electron chi connectivity index (χ0n) is 13.7. The first-order valence-corrected chi connectivity index (χ1v) is 7.61. The van der Waals surface area contributed by atoms with E-state index in [0.29, 0.717) is 11.3 Å². The van der Waals surface area contributed by atoms with Crippen molar-refractivity contribution < 1.29 is 18.8 Å². The van der Waals surface area contributed by atoms with E-state index in [4.69, 9.17) is 0 Å². The van der Waals surface area contributed by atoms with E-state index in [9.17, 15) is 18.8 Å². The molecule has 1 N–H and O–H groups in total. The first-order chi connectivity index (χ1) is 11.9. The molecule has 0 saturated carbocycles. The van der Waals surface area contributed by atoms with E-state index in [-0.39, 0.29) is 5.57 Å². The Kier molecular flexibility index (Phi) is 4.19. The van der Waals surface area contributed by atoms with Gasteiger partial charge in [0.2, 0.25) is 0 Å². The summed E-state index contributed by atoms with van der Waals surface area (Å²) in [6, 6.07) is 9.69. The molecular weight excluding hydrogens is 323 g/mol. The molecule has 1 saturated heterocycles. The number of carbonyl (C=O) groups is 3. The Hall–Kier alpha value is -3.28. The summed E-state index contributed by atoms with van der Waals surface area (Å²) in [5.74, 6) is -1.92. The molecule has 0 bridgehead atoms. The Balaban J connectivity index is 2.02. The summed E-state index contributed by atoms with van der Waals surface area (Å²) in [6.07, 6.45) is 1.33. The lowest BCUT2D eigenvalue weighted by Gasteiger charge is -2.26. The molecule has 1 fully saturated rings. The molecular formula is C19H15FN2O3. The summed E-state index contributed by atoms with van der Waals surface area (Å²) in [4.78, 5) is 37.8. The number of aryl methyl sites for hydroxylation is 2. The number of anilines is 1. The lowest BCUT2D eigenvalue weighted by atomic mass is 10.1. The lowest BCUT2D eigenvalue weighted by Crippen LogP contribution is -2.54. The Morgan fingerprint density at radius 3 is 2.28 bits per heavy atom. The minimum atomic E-state index is -0.797. The average molecular weight is 338 g/mol. The van der Waals surface area contributed by atoms with Crippen LogP contribution < -0.4 is 10.2 Å². The van der Waals surface area contributed by atoms with Gasteiger partial charge in [0, 0.05) is 0 Å². The van der Waals surface area contributed by atoms with Gasteiger partial charge in [0.1, 0.15) is 11.4 Å². The maximum atomic E-state index is 13.0. The first kappa shape index (κ1) is 16.6. The fourth-order valence-electron chi connectivity index (χ4n) is 2.48. The minimum absolute atomic E-state index is 0.190. The standard InChI is InChI=1S/C19H15FN2O3/c1-11-3-8-15(9-12(11)2)22-18(24)16(17(23)21-19(22)25)10-13-4-6-14(20)7-5-13/h3-10H,1-2H3,(H,21,23,25)/b16-10-. The van der Waals surface area contributed by atoms with Gasteiger partial charge in [-0.3, -0.25) is 14.9 Å². The zero-order chi connectivity index (χ0) is 18.1. The molecule has 1 heterocycles. The molecule has 0 atom stereocenters. The first-order valence-electron chi connectivity index (χ1n) is 7.61. The molecule has 0 aromatic heterocycles. The SMILES string of the molecule is Cc1ccc(N2C(=O)NC(=O)/C(=C/c3ccc(F)cc3)C2=O)cc1C. The fourth-order valence-corrected chi connectivity index (χ4v) is 2.48. The van der Waals surface area contributed by atoms with E-state index < -0.39 is 23.7 Å². The fraction of sp³-hybridized carbons (Fsp3) is 0.105. The van der Waals surface area contributed by atoms with Crippen molar-refractivity contribution in [3.05, 3.63) is 70.5 Å². The molecule has 2 aromatic rings. The lowest BCUT2D eigenvalue weighted by molar-refractivity contribution is -0.122. The second-order valence-electron chi connectivity index (χ2n) is 5.78. The zero-order valence-corrected chi connectivity index (χ0v) is 13.7. The molecule has 4 amide bonds. The highest BCUT2D eigenvalue weighted by Crippen LogP contribution is 2.24. The molecule has 0 unspecified atom stereocenters. The monoisotopic (exact) mass is 338 g/mol. The molecule has 0 aliphatic carbocycles. The topological polar surface area (TPSA) is 66.5 Å². The highest BCUT2D eigenvalue weighted by molar-refractivity contribution is 6.39. The Morgan fingerprint density at radius 1 is 0.960 bits per heavy atom. The van der Waals surface area contributed by atoms with Crippen molar-refractivity contribution in [1.82, 2.24) is 5.32 Å². The van der Waals surface area contributed by atoms with Gasteiger partial charge in [0.05, 0.1) is 5.69 Å². The molecule has 5 nitrogen and oxygen atoms in total.